The van der Waals surface area contributed by atoms with Crippen LogP contribution in [0.25, 0.3) is 0 Å². The molecule has 3 rings (SSSR count). The van der Waals surface area contributed by atoms with Crippen molar-refractivity contribution in [2.24, 2.45) is 0 Å². The van der Waals surface area contributed by atoms with Crippen LogP contribution >= 0.6 is 0 Å². The molecule has 0 saturated carbocycles. The van der Waals surface area contributed by atoms with E-state index in [4.69, 9.17) is 4.74 Å². The summed E-state index contributed by atoms with van der Waals surface area (Å²) >= 11 is 0. The number of sulfonamides is 1. The number of aliphatic hydroxyl groups is 1. The van der Waals surface area contributed by atoms with Gasteiger partial charge < -0.3 is 20.1 Å². The summed E-state index contributed by atoms with van der Waals surface area (Å²) < 4.78 is 31.6. The number of nitro groups is 1. The Kier molecular flexibility index (Phi) is 6.27. The highest BCUT2D eigenvalue weighted by Gasteiger charge is 2.28. The van der Waals surface area contributed by atoms with Crippen LogP contribution in [0, 0.1) is 10.1 Å². The van der Waals surface area contributed by atoms with Crippen LogP contribution in [0.1, 0.15) is 22.2 Å². The van der Waals surface area contributed by atoms with Gasteiger partial charge in [0.25, 0.3) is 11.6 Å². The number of hydrogen-bond acceptors (Lipinski definition) is 7. The van der Waals surface area contributed by atoms with Crippen LogP contribution < -0.4 is 5.32 Å². The van der Waals surface area contributed by atoms with Gasteiger partial charge in [-0.25, -0.2) is 8.42 Å². The number of carbonyl (C=O) groups excluding carboxylic acids is 1. The molecule has 1 atom stereocenters. The number of morpholine rings is 1. The molecule has 1 aliphatic heterocycles. The third-order valence-corrected chi connectivity index (χ3v) is 6.33. The Morgan fingerprint density at radius 1 is 1.31 bits per heavy atom. The molecule has 29 heavy (non-hydrogen) atoms. The predicted molar refractivity (Wildman–Crippen MR) is 101 cm³/mol. The normalized spacial score (nSPS) is 16.3. The number of benzene rings is 1. The quantitative estimate of drug-likeness (QED) is 0.429. The molecule has 1 aromatic heterocycles. The van der Waals surface area contributed by atoms with Gasteiger partial charge in [-0.2, -0.15) is 4.31 Å². The summed E-state index contributed by atoms with van der Waals surface area (Å²) in [4.78, 5) is 25.0. The van der Waals surface area contributed by atoms with Gasteiger partial charge in [0.2, 0.25) is 10.0 Å². The van der Waals surface area contributed by atoms with E-state index in [2.05, 4.69) is 10.3 Å². The van der Waals surface area contributed by atoms with Crippen molar-refractivity contribution < 1.29 is 28.0 Å². The molecule has 156 valence electrons. The molecule has 1 aromatic carbocycles. The van der Waals surface area contributed by atoms with E-state index in [9.17, 15) is 28.4 Å². The SMILES string of the molecule is O=C(NC[C@H](O)c1ccc([N+](=O)[O-])cc1)c1cc(S(=O)(=O)N2CCOCC2)c[nH]1. The minimum atomic E-state index is -3.72. The highest BCUT2D eigenvalue weighted by atomic mass is 32.2. The van der Waals surface area contributed by atoms with Crippen molar-refractivity contribution in [3.8, 4) is 0 Å². The Morgan fingerprint density at radius 2 is 1.97 bits per heavy atom. The summed E-state index contributed by atoms with van der Waals surface area (Å²) in [6, 6.07) is 6.55. The monoisotopic (exact) mass is 424 g/mol. The molecule has 11 nitrogen and oxygen atoms in total. The number of hydrogen-bond donors (Lipinski definition) is 3. The molecule has 0 aliphatic carbocycles. The molecule has 1 aliphatic rings. The first-order chi connectivity index (χ1) is 13.8. The lowest BCUT2D eigenvalue weighted by Crippen LogP contribution is -2.40. The number of aromatic nitrogens is 1. The average Bonchev–Trinajstić information content (AvgIpc) is 3.24. The maximum Gasteiger partial charge on any atom is 0.269 e. The van der Waals surface area contributed by atoms with E-state index in [-0.39, 0.29) is 35.9 Å². The molecule has 3 N–H and O–H groups in total. The van der Waals surface area contributed by atoms with Crippen LogP contribution in [0.15, 0.2) is 41.4 Å². The number of rotatable bonds is 7. The van der Waals surface area contributed by atoms with Crippen molar-refractivity contribution >= 4 is 21.6 Å². The number of carbonyl (C=O) groups is 1. The predicted octanol–water partition coefficient (Wildman–Crippen LogP) is 0.407. The van der Waals surface area contributed by atoms with Crippen LogP contribution in [0.5, 0.6) is 0 Å². The molecular weight excluding hydrogens is 404 g/mol. The van der Waals surface area contributed by atoms with Crippen LogP contribution in [-0.4, -0.2) is 66.5 Å². The molecule has 0 bridgehead atoms. The lowest BCUT2D eigenvalue weighted by molar-refractivity contribution is -0.384. The molecule has 0 radical (unpaired) electrons. The fourth-order valence-electron chi connectivity index (χ4n) is 2.81. The van der Waals surface area contributed by atoms with Crippen molar-refractivity contribution in [1.29, 1.82) is 0 Å². The zero-order valence-corrected chi connectivity index (χ0v) is 16.1. The van der Waals surface area contributed by atoms with Crippen molar-refractivity contribution in [3.63, 3.8) is 0 Å². The van der Waals surface area contributed by atoms with Crippen molar-refractivity contribution in [2.75, 3.05) is 32.8 Å². The van der Waals surface area contributed by atoms with Gasteiger partial charge in [0.15, 0.2) is 0 Å². The highest BCUT2D eigenvalue weighted by Crippen LogP contribution is 2.19. The fraction of sp³-hybridized carbons (Fsp3) is 0.353. The number of non-ortho nitro benzene ring substituents is 1. The summed E-state index contributed by atoms with van der Waals surface area (Å²) in [6.45, 7) is 0.975. The standard InChI is InChI=1S/C17H20N4O7S/c22-16(12-1-3-13(4-2-12)21(24)25)11-19-17(23)15-9-14(10-18-15)29(26,27)20-5-7-28-8-6-20/h1-4,9-10,16,18,22H,5-8,11H2,(H,19,23)/t16-/m0/s1. The zero-order chi connectivity index (χ0) is 21.0. The number of nitrogens with zero attached hydrogens (tertiary/aromatic N) is 2. The van der Waals surface area contributed by atoms with Gasteiger partial charge >= 0.3 is 0 Å². The molecule has 1 amide bonds. The van der Waals surface area contributed by atoms with Crippen molar-refractivity contribution in [3.05, 3.63) is 57.9 Å². The summed E-state index contributed by atoms with van der Waals surface area (Å²) in [6.07, 6.45) is 0.165. The second kappa shape index (κ2) is 8.69. The topological polar surface area (TPSA) is 155 Å². The maximum absolute atomic E-state index is 12.6. The minimum absolute atomic E-state index is 0.0273. The number of ether oxygens (including phenoxy) is 1. The van der Waals surface area contributed by atoms with Gasteiger partial charge in [0.05, 0.1) is 24.2 Å². The van der Waals surface area contributed by atoms with E-state index in [1.807, 2.05) is 0 Å². The Bertz CT molecular complexity index is 981. The van der Waals surface area contributed by atoms with E-state index < -0.39 is 27.0 Å². The Balaban J connectivity index is 1.60. The molecule has 0 spiro atoms. The van der Waals surface area contributed by atoms with E-state index in [0.717, 1.165) is 0 Å². The van der Waals surface area contributed by atoms with E-state index >= 15 is 0 Å². The van der Waals surface area contributed by atoms with Gasteiger partial charge in [0, 0.05) is 38.0 Å². The van der Waals surface area contributed by atoms with Crippen molar-refractivity contribution in [1.82, 2.24) is 14.6 Å². The van der Waals surface area contributed by atoms with Crippen LogP contribution in [0.2, 0.25) is 0 Å². The summed E-state index contributed by atoms with van der Waals surface area (Å²) in [5, 5.41) is 23.3. The number of nitro benzene ring substituents is 1. The van der Waals surface area contributed by atoms with Crippen LogP contribution in [0.3, 0.4) is 0 Å². The molecule has 1 saturated heterocycles. The fourth-order valence-corrected chi connectivity index (χ4v) is 4.21. The number of aliphatic hydroxyl groups excluding tert-OH is 1. The first kappa shape index (κ1) is 20.9. The van der Waals surface area contributed by atoms with E-state index in [1.165, 1.54) is 40.8 Å². The maximum atomic E-state index is 12.6. The largest absolute Gasteiger partial charge is 0.387 e. The zero-order valence-electron chi connectivity index (χ0n) is 15.3. The lowest BCUT2D eigenvalue weighted by Gasteiger charge is -2.25. The lowest BCUT2D eigenvalue weighted by atomic mass is 10.1. The number of aromatic amines is 1. The third-order valence-electron chi connectivity index (χ3n) is 4.45. The van der Waals surface area contributed by atoms with Gasteiger partial charge in [-0.05, 0) is 23.8 Å². The Hall–Kier alpha value is -2.80. The molecule has 1 fully saturated rings. The van der Waals surface area contributed by atoms with E-state index in [1.54, 1.807) is 0 Å². The van der Waals surface area contributed by atoms with Gasteiger partial charge in [-0.3, -0.25) is 14.9 Å². The Labute approximate surface area is 166 Å². The summed E-state index contributed by atoms with van der Waals surface area (Å²) in [7, 11) is -3.72. The third kappa shape index (κ3) is 4.79. The second-order valence-electron chi connectivity index (χ2n) is 6.34. The van der Waals surface area contributed by atoms with Gasteiger partial charge in [0.1, 0.15) is 10.6 Å². The van der Waals surface area contributed by atoms with Gasteiger partial charge in [-0.1, -0.05) is 0 Å². The first-order valence-electron chi connectivity index (χ1n) is 8.76. The van der Waals surface area contributed by atoms with Crippen LogP contribution in [-0.2, 0) is 14.8 Å². The molecular formula is C17H20N4O7S. The molecule has 2 aromatic rings. The Morgan fingerprint density at radius 3 is 2.59 bits per heavy atom. The molecule has 0 unspecified atom stereocenters. The van der Waals surface area contributed by atoms with Crippen molar-refractivity contribution in [2.45, 2.75) is 11.0 Å². The minimum Gasteiger partial charge on any atom is -0.387 e. The summed E-state index contributed by atoms with van der Waals surface area (Å²) in [5.74, 6) is -0.589. The number of nitrogens with one attached hydrogen (secondary N) is 2. The van der Waals surface area contributed by atoms with E-state index in [0.29, 0.717) is 18.8 Å². The molecule has 12 heteroatoms. The average molecular weight is 424 g/mol. The first-order valence-corrected chi connectivity index (χ1v) is 10.2. The number of amides is 1. The smallest absolute Gasteiger partial charge is 0.269 e. The van der Waals surface area contributed by atoms with Crippen LogP contribution in [0.4, 0.5) is 5.69 Å². The second-order valence-corrected chi connectivity index (χ2v) is 8.28. The summed E-state index contributed by atoms with van der Waals surface area (Å²) in [5.41, 5.74) is 0.330. The number of H-pyrrole nitrogens is 1. The molecule has 2 heterocycles. The van der Waals surface area contributed by atoms with Gasteiger partial charge in [-0.15, -0.1) is 0 Å². The highest BCUT2D eigenvalue weighted by molar-refractivity contribution is 7.89.